The minimum absolute atomic E-state index is 0.786. The van der Waals surface area contributed by atoms with Crippen LogP contribution in [0.2, 0.25) is 0 Å². The molecule has 0 unspecified atom stereocenters. The molecule has 4 rings (SSSR count). The van der Waals surface area contributed by atoms with Gasteiger partial charge in [-0.15, -0.1) is 0 Å². The number of methoxy groups -OCH3 is 2. The summed E-state index contributed by atoms with van der Waals surface area (Å²) in [6.07, 6.45) is 8.55. The summed E-state index contributed by atoms with van der Waals surface area (Å²) in [5, 5.41) is 0. The van der Waals surface area contributed by atoms with E-state index in [1.54, 1.807) is 21.3 Å². The first-order valence-electron chi connectivity index (χ1n) is 13.6. The molecule has 39 heavy (non-hydrogen) atoms. The summed E-state index contributed by atoms with van der Waals surface area (Å²) < 4.78 is 11.9. The lowest BCUT2D eigenvalue weighted by Gasteiger charge is -2.33. The van der Waals surface area contributed by atoms with E-state index in [-0.39, 0.29) is 0 Å². The normalized spacial score (nSPS) is 14.1. The van der Waals surface area contributed by atoms with Crippen molar-refractivity contribution in [2.45, 2.75) is 18.7 Å². The first-order valence-corrected chi connectivity index (χ1v) is 14.3. The lowest BCUT2D eigenvalue weighted by molar-refractivity contribution is 0.125. The molecule has 3 aromatic rings. The maximum Gasteiger partial charge on any atom is 0.0589 e. The molecule has 210 valence electrons. The maximum atomic E-state index is 5.74. The molecule has 0 bridgehead atoms. The van der Waals surface area contributed by atoms with E-state index >= 15 is 0 Å². The zero-order chi connectivity index (χ0) is 28.3. The second-order valence-corrected chi connectivity index (χ2v) is 10.0. The molecule has 2 N–H and O–H groups in total. The number of hydrogen-bond acceptors (Lipinski definition) is 6. The van der Waals surface area contributed by atoms with Gasteiger partial charge in [-0.05, 0) is 58.5 Å². The highest BCUT2D eigenvalue weighted by molar-refractivity contribution is 7.97. The third kappa shape index (κ3) is 12.7. The first-order chi connectivity index (χ1) is 19.1. The fourth-order valence-corrected chi connectivity index (χ4v) is 4.67. The monoisotopic (exact) mass is 547 g/mol. The van der Waals surface area contributed by atoms with Gasteiger partial charge in [0.2, 0.25) is 0 Å². The van der Waals surface area contributed by atoms with Crippen molar-refractivity contribution in [3.63, 3.8) is 0 Å². The van der Waals surface area contributed by atoms with Crippen molar-refractivity contribution in [3.8, 4) is 0 Å². The molecule has 1 saturated heterocycles. The van der Waals surface area contributed by atoms with Crippen LogP contribution in [0.5, 0.6) is 0 Å². The molecule has 1 aliphatic heterocycles. The number of anilines is 1. The molecule has 0 radical (unpaired) electrons. The van der Waals surface area contributed by atoms with Crippen LogP contribution in [0.4, 0.5) is 5.69 Å². The number of hydrogen-bond donors (Lipinski definition) is 1. The Morgan fingerprint density at radius 2 is 1.05 bits per heavy atom. The van der Waals surface area contributed by atoms with Gasteiger partial charge in [-0.2, -0.15) is 0 Å². The van der Waals surface area contributed by atoms with Crippen molar-refractivity contribution in [1.29, 1.82) is 0 Å². The smallest absolute Gasteiger partial charge is 0.0589 e. The van der Waals surface area contributed by atoms with Gasteiger partial charge in [-0.3, -0.25) is 4.90 Å². The lowest BCUT2D eigenvalue weighted by Crippen LogP contribution is -2.44. The van der Waals surface area contributed by atoms with E-state index in [2.05, 4.69) is 86.8 Å². The molecule has 3 aromatic carbocycles. The van der Waals surface area contributed by atoms with Crippen LogP contribution in [0.25, 0.3) is 24.3 Å². The molecule has 6 heteroatoms. The van der Waals surface area contributed by atoms with Gasteiger partial charge in [0.1, 0.15) is 0 Å². The van der Waals surface area contributed by atoms with Crippen molar-refractivity contribution in [1.82, 2.24) is 9.21 Å². The average Bonchev–Trinajstić information content (AvgIpc) is 2.98. The molecule has 5 nitrogen and oxygen atoms in total. The zero-order valence-corrected chi connectivity index (χ0v) is 25.0. The summed E-state index contributed by atoms with van der Waals surface area (Å²) in [5.41, 5.74) is 11.2. The lowest BCUT2D eigenvalue weighted by atomic mass is 10.1. The quantitative estimate of drug-likeness (QED) is 0.174. The second kappa shape index (κ2) is 19.2. The highest BCUT2D eigenvalue weighted by Crippen LogP contribution is 2.24. The van der Waals surface area contributed by atoms with Crippen molar-refractivity contribution in [2.24, 2.45) is 0 Å². The van der Waals surface area contributed by atoms with Crippen molar-refractivity contribution in [2.75, 3.05) is 66.4 Å². The maximum absolute atomic E-state index is 5.74. The van der Waals surface area contributed by atoms with Gasteiger partial charge in [-0.25, -0.2) is 4.31 Å². The van der Waals surface area contributed by atoms with Gasteiger partial charge in [-0.1, -0.05) is 86.7 Å². The number of rotatable bonds is 9. The number of nitrogen functional groups attached to an aromatic ring is 1. The SMILES string of the molecule is CC.COC.COCCN1CCN(Sc2ccc(/C=C/c3ccc(/C=C/c4ccc(N)cc4)cc3)cc2)CC1. The third-order valence-corrected chi connectivity index (χ3v) is 6.97. The molecule has 0 saturated carbocycles. The predicted molar refractivity (Wildman–Crippen MR) is 172 cm³/mol. The molecule has 0 spiro atoms. The van der Waals surface area contributed by atoms with Gasteiger partial charge in [0, 0.05) is 64.6 Å². The third-order valence-electron chi connectivity index (χ3n) is 5.87. The van der Waals surface area contributed by atoms with Crippen LogP contribution in [0.15, 0.2) is 77.7 Å². The van der Waals surface area contributed by atoms with Gasteiger partial charge in [0.25, 0.3) is 0 Å². The first kappa shape index (κ1) is 32.3. The molecule has 0 atom stereocenters. The second-order valence-electron chi connectivity index (χ2n) is 8.83. The van der Waals surface area contributed by atoms with Crippen molar-refractivity contribution >= 4 is 41.9 Å². The van der Waals surface area contributed by atoms with Crippen molar-refractivity contribution < 1.29 is 9.47 Å². The predicted octanol–water partition coefficient (Wildman–Crippen LogP) is 7.17. The van der Waals surface area contributed by atoms with Crippen LogP contribution >= 0.6 is 11.9 Å². The van der Waals surface area contributed by atoms with Gasteiger partial charge >= 0.3 is 0 Å². The summed E-state index contributed by atoms with van der Waals surface area (Å²) in [6.45, 7) is 10.2. The Bertz CT molecular complexity index is 1090. The topological polar surface area (TPSA) is 51.0 Å². The van der Waals surface area contributed by atoms with E-state index in [0.29, 0.717) is 0 Å². The van der Waals surface area contributed by atoms with Gasteiger partial charge < -0.3 is 15.2 Å². The Hall–Kier alpha value is -2.87. The molecule has 1 heterocycles. The van der Waals surface area contributed by atoms with Crippen molar-refractivity contribution in [3.05, 3.63) is 95.1 Å². The van der Waals surface area contributed by atoms with Crippen LogP contribution in [-0.4, -0.2) is 69.9 Å². The molecule has 0 aliphatic carbocycles. The van der Waals surface area contributed by atoms with E-state index in [1.165, 1.54) is 21.6 Å². The van der Waals surface area contributed by atoms with Crippen LogP contribution in [0.1, 0.15) is 36.1 Å². The Kier molecular flexibility index (Phi) is 15.9. The Morgan fingerprint density at radius 3 is 1.46 bits per heavy atom. The van der Waals surface area contributed by atoms with E-state index < -0.39 is 0 Å². The molecule has 1 fully saturated rings. The number of nitrogens with zero attached hydrogens (tertiary/aromatic N) is 2. The number of benzene rings is 3. The minimum Gasteiger partial charge on any atom is -0.399 e. The van der Waals surface area contributed by atoms with E-state index in [9.17, 15) is 0 Å². The summed E-state index contributed by atoms with van der Waals surface area (Å²) in [5.74, 6) is 0. The standard InChI is InChI=1S/C29H33N3OS.C2H6O.C2H6/c1-33-23-22-31-18-20-32(21-19-31)34-29-16-12-27(13-17-29)9-7-25-4-2-24(3-5-25)6-8-26-10-14-28(30)15-11-26;1-3-2;1-2/h2-17H,18-23,30H2,1H3;1-2H3;1-2H3/b8-6+,9-7+;;. The molecule has 0 aromatic heterocycles. The fourth-order valence-electron chi connectivity index (χ4n) is 3.76. The minimum atomic E-state index is 0.786. The Labute approximate surface area is 240 Å². The largest absolute Gasteiger partial charge is 0.399 e. The van der Waals surface area contributed by atoms with E-state index in [1.807, 2.05) is 50.1 Å². The summed E-state index contributed by atoms with van der Waals surface area (Å²) in [6, 6.07) is 25.3. The van der Waals surface area contributed by atoms with Crippen LogP contribution in [0, 0.1) is 0 Å². The number of piperazine rings is 1. The van der Waals surface area contributed by atoms with Crippen LogP contribution in [-0.2, 0) is 9.47 Å². The zero-order valence-electron chi connectivity index (χ0n) is 24.2. The van der Waals surface area contributed by atoms with Crippen LogP contribution in [0.3, 0.4) is 0 Å². The molecular weight excluding hydrogens is 502 g/mol. The summed E-state index contributed by atoms with van der Waals surface area (Å²) in [7, 11) is 5.02. The number of nitrogens with two attached hydrogens (primary N) is 1. The Morgan fingerprint density at radius 1 is 0.667 bits per heavy atom. The van der Waals surface area contributed by atoms with Crippen LogP contribution < -0.4 is 5.73 Å². The van der Waals surface area contributed by atoms with Gasteiger partial charge in [0.15, 0.2) is 0 Å². The molecule has 0 amide bonds. The van der Waals surface area contributed by atoms with Gasteiger partial charge in [0.05, 0.1) is 6.61 Å². The molecule has 1 aliphatic rings. The summed E-state index contributed by atoms with van der Waals surface area (Å²) in [4.78, 5) is 3.76. The highest BCUT2D eigenvalue weighted by atomic mass is 32.2. The van der Waals surface area contributed by atoms with E-state index in [0.717, 1.165) is 50.6 Å². The number of ether oxygens (including phenoxy) is 2. The highest BCUT2D eigenvalue weighted by Gasteiger charge is 2.17. The summed E-state index contributed by atoms with van der Waals surface area (Å²) >= 11 is 1.86. The molecular formula is C33H45N3O2S. The van der Waals surface area contributed by atoms with E-state index in [4.69, 9.17) is 10.5 Å². The Balaban J connectivity index is 0.000000998. The average molecular weight is 548 g/mol. The fraction of sp³-hybridized carbons (Fsp3) is 0.333.